The molecule has 10 nitrogen and oxygen atoms in total. The number of Topliss-reactive ketones (excluding diaryl/α,β-unsaturated/α-hetero) is 1. The number of urea groups is 1. The van der Waals surface area contributed by atoms with Crippen molar-refractivity contribution in [1.82, 2.24) is 24.9 Å². The number of nitrogens with one attached hydrogen (secondary N) is 1. The highest BCUT2D eigenvalue weighted by molar-refractivity contribution is 7.18. The van der Waals surface area contributed by atoms with E-state index < -0.39 is 6.03 Å². The molecule has 1 aromatic carbocycles. The second kappa shape index (κ2) is 11.0. The van der Waals surface area contributed by atoms with Crippen LogP contribution in [0.15, 0.2) is 65.7 Å². The molecule has 0 saturated heterocycles. The quantitative estimate of drug-likeness (QED) is 0.248. The van der Waals surface area contributed by atoms with Gasteiger partial charge in [0, 0.05) is 31.2 Å². The minimum absolute atomic E-state index is 0.0138. The van der Waals surface area contributed by atoms with E-state index >= 15 is 0 Å². The number of aromatic nitrogens is 4. The third-order valence-corrected chi connectivity index (χ3v) is 6.22. The Balaban J connectivity index is 1.55. The zero-order chi connectivity index (χ0) is 24.8. The molecule has 0 bridgehead atoms. The molecule has 0 aliphatic heterocycles. The summed E-state index contributed by atoms with van der Waals surface area (Å²) in [5.41, 5.74) is 6.71. The van der Waals surface area contributed by atoms with Crippen LogP contribution in [0.4, 0.5) is 4.79 Å². The first-order valence-electron chi connectivity index (χ1n) is 10.6. The lowest BCUT2D eigenvalue weighted by atomic mass is 10.1. The molecule has 4 rings (SSSR count). The van der Waals surface area contributed by atoms with Crippen molar-refractivity contribution in [2.45, 2.75) is 12.8 Å². The number of nitrogens with zero attached hydrogens (tertiary/aromatic N) is 4. The molecule has 0 aliphatic carbocycles. The van der Waals surface area contributed by atoms with Crippen LogP contribution in [0.2, 0.25) is 4.34 Å². The number of hydrogen-bond acceptors (Lipinski definition) is 7. The molecule has 12 heteroatoms. The number of hydrogen-bond donors (Lipinski definition) is 2. The van der Waals surface area contributed by atoms with Crippen LogP contribution in [0.3, 0.4) is 0 Å². The van der Waals surface area contributed by atoms with Crippen LogP contribution in [0.25, 0.3) is 11.4 Å². The Morgan fingerprint density at radius 2 is 2.03 bits per heavy atom. The van der Waals surface area contributed by atoms with Crippen molar-refractivity contribution in [3.63, 3.8) is 0 Å². The fourth-order valence-corrected chi connectivity index (χ4v) is 4.30. The smallest absolute Gasteiger partial charge is 0.312 e. The van der Waals surface area contributed by atoms with Gasteiger partial charge >= 0.3 is 6.03 Å². The molecular weight excluding hydrogens is 492 g/mol. The van der Waals surface area contributed by atoms with Gasteiger partial charge in [0.15, 0.2) is 5.78 Å². The molecule has 4 aromatic rings. The topological polar surface area (TPSA) is 134 Å². The molecule has 0 aliphatic rings. The molecule has 3 N–H and O–H groups in total. The molecule has 35 heavy (non-hydrogen) atoms. The monoisotopic (exact) mass is 512 g/mol. The number of thiophene rings is 1. The summed E-state index contributed by atoms with van der Waals surface area (Å²) in [6, 6.07) is 12.8. The van der Waals surface area contributed by atoms with E-state index in [0.29, 0.717) is 38.5 Å². The zero-order valence-corrected chi connectivity index (χ0v) is 20.0. The third-order valence-electron chi connectivity index (χ3n) is 4.95. The maximum absolute atomic E-state index is 12.4. The molecule has 0 spiro atoms. The average molecular weight is 513 g/mol. The summed E-state index contributed by atoms with van der Waals surface area (Å²) in [6.45, 7) is 0.338. The number of ether oxygens (including phenoxy) is 1. The minimum Gasteiger partial charge on any atom is -0.489 e. The lowest BCUT2D eigenvalue weighted by Crippen LogP contribution is -2.32. The van der Waals surface area contributed by atoms with Crippen LogP contribution in [0.5, 0.6) is 5.75 Å². The summed E-state index contributed by atoms with van der Waals surface area (Å²) in [5, 5.41) is 10.8. The van der Waals surface area contributed by atoms with Crippen molar-refractivity contribution < 1.29 is 14.3 Å². The molecule has 2 amide bonds. The Morgan fingerprint density at radius 3 is 2.77 bits per heavy atom. The van der Waals surface area contributed by atoms with Gasteiger partial charge in [0.2, 0.25) is 0 Å². The largest absolute Gasteiger partial charge is 0.489 e. The maximum Gasteiger partial charge on any atom is 0.312 e. The number of primary amides is 1. The van der Waals surface area contributed by atoms with E-state index in [1.54, 1.807) is 54.9 Å². The highest BCUT2D eigenvalue weighted by Gasteiger charge is 2.14. The van der Waals surface area contributed by atoms with E-state index in [1.165, 1.54) is 26.7 Å². The van der Waals surface area contributed by atoms with Crippen LogP contribution in [0, 0.1) is 0 Å². The first-order chi connectivity index (χ1) is 16.9. The SMILES string of the molecule is NC(=O)NCCOc1cc(-n2ccccc2=O)ccc1-n1cc(CCC(=O)c2ccc(Cl)s2)nn1. The number of aryl methyl sites for hydroxylation is 1. The molecule has 180 valence electrons. The van der Waals surface area contributed by atoms with Gasteiger partial charge in [-0.15, -0.1) is 16.4 Å². The van der Waals surface area contributed by atoms with Crippen molar-refractivity contribution in [2.75, 3.05) is 13.2 Å². The van der Waals surface area contributed by atoms with Crippen molar-refractivity contribution in [3.8, 4) is 17.1 Å². The zero-order valence-electron chi connectivity index (χ0n) is 18.4. The molecule has 3 heterocycles. The van der Waals surface area contributed by atoms with E-state index in [1.807, 2.05) is 0 Å². The lowest BCUT2D eigenvalue weighted by Gasteiger charge is -2.14. The second-order valence-corrected chi connectivity index (χ2v) is 9.10. The number of carbonyl (C=O) groups excluding carboxylic acids is 2. The van der Waals surface area contributed by atoms with Gasteiger partial charge in [0.1, 0.15) is 18.0 Å². The van der Waals surface area contributed by atoms with Gasteiger partial charge in [0.25, 0.3) is 5.56 Å². The van der Waals surface area contributed by atoms with Gasteiger partial charge in [-0.3, -0.25) is 14.2 Å². The number of nitrogens with two attached hydrogens (primary N) is 1. The molecule has 0 unspecified atom stereocenters. The summed E-state index contributed by atoms with van der Waals surface area (Å²) in [4.78, 5) is 36.2. The van der Waals surface area contributed by atoms with E-state index in [0.717, 1.165) is 0 Å². The third kappa shape index (κ3) is 6.14. The number of benzene rings is 1. The number of halogens is 1. The standard InChI is InChI=1S/C23H21ClN6O4S/c24-21-9-8-20(35-21)18(31)7-4-15-14-30(28-27-15)17-6-5-16(29-11-2-1-3-22(29)32)13-19(17)34-12-10-26-23(25)33/h1-3,5-6,8-9,11,13-14H,4,7,10,12H2,(H3,25,26,33). The number of ketones is 1. The molecule has 0 fully saturated rings. The molecular formula is C23H21ClN6O4S. The molecule has 0 radical (unpaired) electrons. The average Bonchev–Trinajstić information content (AvgIpc) is 3.49. The van der Waals surface area contributed by atoms with E-state index in [4.69, 9.17) is 22.1 Å². The Morgan fingerprint density at radius 1 is 1.17 bits per heavy atom. The van der Waals surface area contributed by atoms with Crippen molar-refractivity contribution in [1.29, 1.82) is 0 Å². The number of rotatable bonds is 10. The normalized spacial score (nSPS) is 10.8. The molecule has 0 saturated carbocycles. The predicted molar refractivity (Wildman–Crippen MR) is 132 cm³/mol. The van der Waals surface area contributed by atoms with Gasteiger partial charge in [0.05, 0.1) is 33.3 Å². The number of carbonyl (C=O) groups is 2. The van der Waals surface area contributed by atoms with Crippen molar-refractivity contribution >= 4 is 34.8 Å². The Hall–Kier alpha value is -3.96. The maximum atomic E-state index is 12.4. The Labute approximate surface area is 208 Å². The van der Waals surface area contributed by atoms with Gasteiger partial charge in [-0.1, -0.05) is 22.9 Å². The fraction of sp³-hybridized carbons (Fsp3) is 0.174. The number of pyridine rings is 1. The lowest BCUT2D eigenvalue weighted by molar-refractivity contribution is 0.0986. The first kappa shape index (κ1) is 24.2. The fourth-order valence-electron chi connectivity index (χ4n) is 3.29. The van der Waals surface area contributed by atoms with Crippen molar-refractivity contribution in [2.24, 2.45) is 5.73 Å². The van der Waals surface area contributed by atoms with Crippen LogP contribution in [-0.2, 0) is 6.42 Å². The van der Waals surface area contributed by atoms with E-state index in [-0.39, 0.29) is 30.9 Å². The van der Waals surface area contributed by atoms with Crippen LogP contribution >= 0.6 is 22.9 Å². The predicted octanol–water partition coefficient (Wildman–Crippen LogP) is 3.00. The van der Waals surface area contributed by atoms with E-state index in [2.05, 4.69) is 15.6 Å². The van der Waals surface area contributed by atoms with Crippen LogP contribution in [0.1, 0.15) is 21.8 Å². The van der Waals surface area contributed by atoms with Gasteiger partial charge in [-0.25, -0.2) is 9.48 Å². The molecule has 3 aromatic heterocycles. The van der Waals surface area contributed by atoms with Gasteiger partial charge < -0.3 is 15.8 Å². The molecule has 0 atom stereocenters. The highest BCUT2D eigenvalue weighted by Crippen LogP contribution is 2.26. The van der Waals surface area contributed by atoms with Crippen molar-refractivity contribution in [3.05, 3.63) is 86.2 Å². The van der Waals surface area contributed by atoms with Gasteiger partial charge in [-0.05, 0) is 30.3 Å². The first-order valence-corrected chi connectivity index (χ1v) is 11.8. The summed E-state index contributed by atoms with van der Waals surface area (Å²) in [7, 11) is 0. The van der Waals surface area contributed by atoms with Crippen LogP contribution < -0.4 is 21.3 Å². The Bertz CT molecular complexity index is 1410. The summed E-state index contributed by atoms with van der Waals surface area (Å²) in [6.07, 6.45) is 4.05. The summed E-state index contributed by atoms with van der Waals surface area (Å²) >= 11 is 7.16. The van der Waals surface area contributed by atoms with E-state index in [9.17, 15) is 14.4 Å². The second-order valence-electron chi connectivity index (χ2n) is 7.38. The highest BCUT2D eigenvalue weighted by atomic mass is 35.5. The summed E-state index contributed by atoms with van der Waals surface area (Å²) < 4.78 is 9.46. The van der Waals surface area contributed by atoms with Crippen LogP contribution in [-0.4, -0.2) is 44.5 Å². The minimum atomic E-state index is -0.654. The Kier molecular flexibility index (Phi) is 7.58. The summed E-state index contributed by atoms with van der Waals surface area (Å²) in [5.74, 6) is 0.408. The van der Waals surface area contributed by atoms with Gasteiger partial charge in [-0.2, -0.15) is 0 Å². The number of amides is 2.